The summed E-state index contributed by atoms with van der Waals surface area (Å²) in [5.74, 6) is 0.168. The van der Waals surface area contributed by atoms with Gasteiger partial charge < -0.3 is 4.74 Å². The lowest BCUT2D eigenvalue weighted by atomic mass is 10.2. The van der Waals surface area contributed by atoms with Crippen molar-refractivity contribution in [2.75, 3.05) is 0 Å². The summed E-state index contributed by atoms with van der Waals surface area (Å²) in [6.07, 6.45) is 0. The third kappa shape index (κ3) is 3.23. The van der Waals surface area contributed by atoms with Crippen LogP contribution < -0.4 is 9.68 Å². The first-order valence-corrected chi connectivity index (χ1v) is 6.47. The highest BCUT2D eigenvalue weighted by Gasteiger charge is 2.14. The fourth-order valence-corrected chi connectivity index (χ4v) is 2.30. The molecule has 1 heterocycles. The molecule has 0 aliphatic heterocycles. The maximum Gasteiger partial charge on any atom is 0.245 e. The van der Waals surface area contributed by atoms with Gasteiger partial charge in [0.2, 0.25) is 5.75 Å². The molecule has 0 amide bonds. The van der Waals surface area contributed by atoms with Gasteiger partial charge in [-0.25, -0.2) is 4.98 Å². The lowest BCUT2D eigenvalue weighted by Crippen LogP contribution is -1.99. The van der Waals surface area contributed by atoms with E-state index in [1.54, 1.807) is 0 Å². The molecule has 0 saturated heterocycles. The highest BCUT2D eigenvalue weighted by molar-refractivity contribution is 14.1. The molecule has 2 rings (SSSR count). The first-order chi connectivity index (χ1) is 8.70. The van der Waals surface area contributed by atoms with Crippen molar-refractivity contribution in [2.24, 2.45) is 0 Å². The van der Waals surface area contributed by atoms with Crippen LogP contribution in [0, 0.1) is 3.70 Å². The van der Waals surface area contributed by atoms with Crippen molar-refractivity contribution in [3.05, 3.63) is 50.8 Å². The van der Waals surface area contributed by atoms with Crippen LogP contribution in [-0.4, -0.2) is 4.98 Å². The number of rotatable bonds is 4. The predicted octanol–water partition coefficient (Wildman–Crippen LogP) is 4.18. The molecule has 0 fully saturated rings. The van der Waals surface area contributed by atoms with Gasteiger partial charge in [0.05, 0.1) is 0 Å². The zero-order valence-corrected chi connectivity index (χ0v) is 12.0. The molecule has 1 aromatic carbocycles. The normalized spacial score (nSPS) is 10.2. The highest BCUT2D eigenvalue weighted by atomic mass is 127. The third-order valence-electron chi connectivity index (χ3n) is 2.18. The summed E-state index contributed by atoms with van der Waals surface area (Å²) in [6, 6.07) is 10.9. The molecule has 0 bridgehead atoms. The smallest absolute Gasteiger partial charge is 0.245 e. The Bertz CT molecular complexity index is 539. The average Bonchev–Trinajstić information content (AvgIpc) is 2.37. The van der Waals surface area contributed by atoms with Gasteiger partial charge in [-0.05, 0) is 28.2 Å². The van der Waals surface area contributed by atoms with Gasteiger partial charge in [0.25, 0.3) is 0 Å². The van der Waals surface area contributed by atoms with Gasteiger partial charge >= 0.3 is 0 Å². The van der Waals surface area contributed by atoms with Crippen LogP contribution in [0.4, 0.5) is 4.53 Å². The van der Waals surface area contributed by atoms with Crippen LogP contribution >= 0.6 is 34.2 Å². The van der Waals surface area contributed by atoms with Crippen LogP contribution in [0.1, 0.15) is 5.56 Å². The molecule has 0 aliphatic rings. The van der Waals surface area contributed by atoms with Gasteiger partial charge in [-0.15, -0.1) is 0 Å². The van der Waals surface area contributed by atoms with E-state index in [0.717, 1.165) is 5.56 Å². The highest BCUT2D eigenvalue weighted by Crippen LogP contribution is 2.34. The predicted molar refractivity (Wildman–Crippen MR) is 74.5 cm³/mol. The Labute approximate surface area is 122 Å². The minimum Gasteiger partial charge on any atom is -0.485 e. The van der Waals surface area contributed by atoms with E-state index in [9.17, 15) is 4.53 Å². The summed E-state index contributed by atoms with van der Waals surface area (Å²) >= 11 is 7.61. The minimum absolute atomic E-state index is 0.0593. The number of hydrogen-bond acceptors (Lipinski definition) is 3. The van der Waals surface area contributed by atoms with Crippen molar-refractivity contribution in [3.63, 3.8) is 0 Å². The van der Waals surface area contributed by atoms with Crippen LogP contribution in [0.25, 0.3) is 0 Å². The van der Waals surface area contributed by atoms with Crippen LogP contribution in [0.2, 0.25) is 5.15 Å². The summed E-state index contributed by atoms with van der Waals surface area (Å²) in [6.45, 7) is 0.299. The molecule has 6 heteroatoms. The number of pyridine rings is 1. The van der Waals surface area contributed by atoms with E-state index in [1.165, 1.54) is 6.07 Å². The average molecular weight is 380 g/mol. The van der Waals surface area contributed by atoms with E-state index >= 15 is 0 Å². The van der Waals surface area contributed by atoms with E-state index in [2.05, 4.69) is 9.93 Å². The second-order valence-corrected chi connectivity index (χ2v) is 4.82. The molecule has 3 nitrogen and oxygen atoms in total. The molecule has 0 saturated carbocycles. The van der Waals surface area contributed by atoms with Gasteiger partial charge in [0.1, 0.15) is 11.8 Å². The fraction of sp³-hybridized carbons (Fsp3) is 0.0833. The van der Waals surface area contributed by atoms with Crippen molar-refractivity contribution in [1.29, 1.82) is 0 Å². The summed E-state index contributed by atoms with van der Waals surface area (Å²) in [7, 11) is 0. The first-order valence-electron chi connectivity index (χ1n) is 5.02. The van der Waals surface area contributed by atoms with Crippen molar-refractivity contribution in [2.45, 2.75) is 6.61 Å². The molecule has 0 spiro atoms. The molecule has 0 N–H and O–H groups in total. The first kappa shape index (κ1) is 13.4. The monoisotopic (exact) mass is 379 g/mol. The molecule has 18 heavy (non-hydrogen) atoms. The van der Waals surface area contributed by atoms with E-state index in [4.69, 9.17) is 16.3 Å². The molecule has 94 valence electrons. The summed E-state index contributed by atoms with van der Waals surface area (Å²) in [4.78, 5) is 7.63. The zero-order valence-electron chi connectivity index (χ0n) is 9.07. The number of ether oxygens (including phenoxy) is 1. The zero-order chi connectivity index (χ0) is 13.0. The van der Waals surface area contributed by atoms with Gasteiger partial charge in [-0.1, -0.05) is 41.9 Å². The Morgan fingerprint density at radius 3 is 2.67 bits per heavy atom. The topological polar surface area (TPSA) is 31.4 Å². The Hall–Kier alpha value is -1.08. The molecule has 0 unspecified atom stereocenters. The number of benzene rings is 1. The Morgan fingerprint density at radius 2 is 2.00 bits per heavy atom. The van der Waals surface area contributed by atoms with Gasteiger partial charge in [0, 0.05) is 10.6 Å². The lowest BCUT2D eigenvalue weighted by molar-refractivity contribution is -0.0115. The number of aromatic nitrogens is 1. The Morgan fingerprint density at radius 1 is 1.28 bits per heavy atom. The van der Waals surface area contributed by atoms with Crippen LogP contribution in [-0.2, 0) is 6.61 Å². The van der Waals surface area contributed by atoms with Gasteiger partial charge in [-0.3, -0.25) is 4.94 Å². The van der Waals surface area contributed by atoms with E-state index < -0.39 is 0 Å². The summed E-state index contributed by atoms with van der Waals surface area (Å²) in [5, 5.41) is 0.225. The second-order valence-electron chi connectivity index (χ2n) is 3.41. The molecular formula is C12H8ClFINO2. The Balaban J connectivity index is 2.18. The maximum atomic E-state index is 12.4. The van der Waals surface area contributed by atoms with Crippen molar-refractivity contribution < 1.29 is 14.2 Å². The molecule has 1 aromatic heterocycles. The maximum absolute atomic E-state index is 12.4. The van der Waals surface area contributed by atoms with Crippen molar-refractivity contribution >= 4 is 34.2 Å². The quantitative estimate of drug-likeness (QED) is 0.590. The number of nitrogens with zero attached hydrogens (tertiary/aromatic N) is 1. The number of hydrogen-bond donors (Lipinski definition) is 0. The van der Waals surface area contributed by atoms with E-state index in [0.29, 0.717) is 10.3 Å². The third-order valence-corrected chi connectivity index (χ3v) is 3.11. The van der Waals surface area contributed by atoms with Crippen LogP contribution in [0.15, 0.2) is 36.4 Å². The SMILES string of the molecule is FOc1c(OCc2ccccc2)cc(Cl)nc1I. The van der Waals surface area contributed by atoms with E-state index in [-0.39, 0.29) is 16.7 Å². The standard InChI is InChI=1S/C12H8ClFINO2/c13-10-6-9(11(18-14)12(15)16-10)17-7-8-4-2-1-3-5-8/h1-6H,7H2. The summed E-state index contributed by atoms with van der Waals surface area (Å²) < 4.78 is 18.2. The minimum atomic E-state index is -0.0593. The largest absolute Gasteiger partial charge is 0.485 e. The van der Waals surface area contributed by atoms with Crippen molar-refractivity contribution in [3.8, 4) is 11.5 Å². The second kappa shape index (κ2) is 6.19. The Kier molecular flexibility index (Phi) is 4.60. The molecular weight excluding hydrogens is 371 g/mol. The molecule has 2 aromatic rings. The van der Waals surface area contributed by atoms with Gasteiger partial charge in [0.15, 0.2) is 9.45 Å². The van der Waals surface area contributed by atoms with E-state index in [1.807, 2.05) is 52.9 Å². The molecule has 0 atom stereocenters. The molecule has 0 aliphatic carbocycles. The summed E-state index contributed by atoms with van der Waals surface area (Å²) in [5.41, 5.74) is 0.963. The van der Waals surface area contributed by atoms with Crippen LogP contribution in [0.3, 0.4) is 0 Å². The van der Waals surface area contributed by atoms with Crippen molar-refractivity contribution in [1.82, 2.24) is 4.98 Å². The van der Waals surface area contributed by atoms with Gasteiger partial charge in [-0.2, -0.15) is 0 Å². The number of halogens is 3. The molecule has 0 radical (unpaired) electrons. The fourth-order valence-electron chi connectivity index (χ4n) is 1.36. The van der Waals surface area contributed by atoms with Crippen LogP contribution in [0.5, 0.6) is 11.5 Å². The lowest BCUT2D eigenvalue weighted by Gasteiger charge is -2.09.